The Morgan fingerprint density at radius 1 is 1.21 bits per heavy atom. The van der Waals surface area contributed by atoms with Crippen LogP contribution in [0.25, 0.3) is 0 Å². The summed E-state index contributed by atoms with van der Waals surface area (Å²) in [5, 5.41) is 3.14. The molecule has 1 heterocycles. The summed E-state index contributed by atoms with van der Waals surface area (Å²) in [4.78, 5) is 6.79. The van der Waals surface area contributed by atoms with E-state index in [4.69, 9.17) is 10.5 Å². The number of nitrogens with two attached hydrogens (primary N) is 1. The maximum Gasteiger partial charge on any atom is 0.193 e. The van der Waals surface area contributed by atoms with Crippen LogP contribution in [0.1, 0.15) is 6.42 Å². The highest BCUT2D eigenvalue weighted by Crippen LogP contribution is 2.23. The molecule has 1 unspecified atom stereocenters. The predicted octanol–water partition coefficient (Wildman–Crippen LogP) is 3.16. The quantitative estimate of drug-likeness (QED) is 0.655. The third-order valence-electron chi connectivity index (χ3n) is 4.09. The molecule has 3 N–H and O–H groups in total. The molecule has 126 valence electrons. The summed E-state index contributed by atoms with van der Waals surface area (Å²) in [6.07, 6.45) is 1.19. The van der Waals surface area contributed by atoms with Crippen LogP contribution in [0.5, 0.6) is 11.5 Å². The average Bonchev–Trinajstić information content (AvgIpc) is 3.00. The zero-order valence-corrected chi connectivity index (χ0v) is 14.0. The minimum absolute atomic E-state index is 0.446. The van der Waals surface area contributed by atoms with Crippen LogP contribution in [0.4, 0.5) is 5.69 Å². The highest BCUT2D eigenvalue weighted by molar-refractivity contribution is 5.92. The van der Waals surface area contributed by atoms with Crippen molar-refractivity contribution in [1.29, 1.82) is 0 Å². The Morgan fingerprint density at radius 3 is 2.75 bits per heavy atom. The van der Waals surface area contributed by atoms with Gasteiger partial charge >= 0.3 is 0 Å². The molecule has 1 atom stereocenters. The maximum atomic E-state index is 6.01. The van der Waals surface area contributed by atoms with Gasteiger partial charge in [-0.2, -0.15) is 0 Å². The standard InChI is InChI=1S/C19H24N4O/c1-23-11-10-15(14-23)13-21-19(20)22-16-6-5-9-18(12-16)24-17-7-3-2-4-8-17/h2-9,12,15H,10-11,13-14H2,1H3,(H3,20,21,22). The zero-order valence-electron chi connectivity index (χ0n) is 14.0. The lowest BCUT2D eigenvalue weighted by Crippen LogP contribution is -2.24. The molecule has 1 aliphatic rings. The van der Waals surface area contributed by atoms with Crippen molar-refractivity contribution in [3.8, 4) is 11.5 Å². The van der Waals surface area contributed by atoms with E-state index in [9.17, 15) is 0 Å². The summed E-state index contributed by atoms with van der Waals surface area (Å²) < 4.78 is 5.83. The van der Waals surface area contributed by atoms with Gasteiger partial charge in [-0.3, -0.25) is 4.99 Å². The first kappa shape index (κ1) is 16.3. The van der Waals surface area contributed by atoms with E-state index in [0.717, 1.165) is 36.8 Å². The molecule has 1 saturated heterocycles. The zero-order chi connectivity index (χ0) is 16.8. The Labute approximate surface area is 143 Å². The summed E-state index contributed by atoms with van der Waals surface area (Å²) in [6, 6.07) is 17.4. The van der Waals surface area contributed by atoms with Gasteiger partial charge in [0.25, 0.3) is 0 Å². The SMILES string of the molecule is CN1CCC(CN=C(N)Nc2cccc(Oc3ccccc3)c2)C1. The number of hydrogen-bond acceptors (Lipinski definition) is 3. The maximum absolute atomic E-state index is 6.01. The Kier molecular flexibility index (Phi) is 5.33. The number of nitrogens with zero attached hydrogens (tertiary/aromatic N) is 2. The lowest BCUT2D eigenvalue weighted by molar-refractivity contribution is 0.397. The van der Waals surface area contributed by atoms with Crippen molar-refractivity contribution in [3.63, 3.8) is 0 Å². The van der Waals surface area contributed by atoms with Crippen molar-refractivity contribution < 1.29 is 4.74 Å². The topological polar surface area (TPSA) is 62.9 Å². The molecule has 0 aromatic heterocycles. The van der Waals surface area contributed by atoms with Crippen LogP contribution in [0.3, 0.4) is 0 Å². The van der Waals surface area contributed by atoms with Crippen LogP contribution in [-0.4, -0.2) is 37.5 Å². The highest BCUT2D eigenvalue weighted by atomic mass is 16.5. The third kappa shape index (κ3) is 4.73. The van der Waals surface area contributed by atoms with E-state index in [1.807, 2.05) is 54.6 Å². The van der Waals surface area contributed by atoms with Crippen molar-refractivity contribution in [2.75, 3.05) is 32.0 Å². The lowest BCUT2D eigenvalue weighted by atomic mass is 10.1. The molecular formula is C19H24N4O. The van der Waals surface area contributed by atoms with Gasteiger partial charge in [-0.05, 0) is 50.2 Å². The molecule has 0 spiro atoms. The average molecular weight is 324 g/mol. The minimum Gasteiger partial charge on any atom is -0.457 e. The van der Waals surface area contributed by atoms with E-state index in [2.05, 4.69) is 22.3 Å². The highest BCUT2D eigenvalue weighted by Gasteiger charge is 2.18. The minimum atomic E-state index is 0.446. The lowest BCUT2D eigenvalue weighted by Gasteiger charge is -2.11. The van der Waals surface area contributed by atoms with Crippen molar-refractivity contribution in [1.82, 2.24) is 4.90 Å². The van der Waals surface area contributed by atoms with Crippen molar-refractivity contribution >= 4 is 11.6 Å². The molecular weight excluding hydrogens is 300 g/mol. The molecule has 0 saturated carbocycles. The Bertz CT molecular complexity index is 687. The number of benzene rings is 2. The number of guanidine groups is 1. The fourth-order valence-corrected chi connectivity index (χ4v) is 2.85. The summed E-state index contributed by atoms with van der Waals surface area (Å²) in [5.74, 6) is 2.61. The second-order valence-electron chi connectivity index (χ2n) is 6.21. The largest absolute Gasteiger partial charge is 0.457 e. The second kappa shape index (κ2) is 7.84. The number of para-hydroxylation sites is 1. The molecule has 1 fully saturated rings. The molecule has 3 rings (SSSR count). The van der Waals surface area contributed by atoms with Crippen LogP contribution in [-0.2, 0) is 0 Å². The Morgan fingerprint density at radius 2 is 2.00 bits per heavy atom. The Balaban J connectivity index is 1.57. The molecule has 1 aliphatic heterocycles. The summed E-state index contributed by atoms with van der Waals surface area (Å²) in [5.41, 5.74) is 6.87. The molecule has 5 heteroatoms. The molecule has 5 nitrogen and oxygen atoms in total. The van der Waals surface area contributed by atoms with E-state index >= 15 is 0 Å². The van der Waals surface area contributed by atoms with Crippen LogP contribution >= 0.6 is 0 Å². The van der Waals surface area contributed by atoms with E-state index in [0.29, 0.717) is 11.9 Å². The molecule has 24 heavy (non-hydrogen) atoms. The van der Waals surface area contributed by atoms with E-state index in [1.165, 1.54) is 6.42 Å². The predicted molar refractivity (Wildman–Crippen MR) is 98.7 cm³/mol. The molecule has 0 aliphatic carbocycles. The number of likely N-dealkylation sites (tertiary alicyclic amines) is 1. The molecule has 0 radical (unpaired) electrons. The fraction of sp³-hybridized carbons (Fsp3) is 0.316. The first-order chi connectivity index (χ1) is 11.7. The van der Waals surface area contributed by atoms with Crippen LogP contribution in [0.2, 0.25) is 0 Å². The summed E-state index contributed by atoms with van der Waals surface area (Å²) in [6.45, 7) is 3.01. The third-order valence-corrected chi connectivity index (χ3v) is 4.09. The molecule has 2 aromatic rings. The molecule has 2 aromatic carbocycles. The van der Waals surface area contributed by atoms with Crippen molar-refractivity contribution in [2.45, 2.75) is 6.42 Å². The van der Waals surface area contributed by atoms with Gasteiger partial charge in [-0.25, -0.2) is 0 Å². The van der Waals surface area contributed by atoms with Crippen LogP contribution in [0.15, 0.2) is 59.6 Å². The number of nitrogens with one attached hydrogen (secondary N) is 1. The Hall–Kier alpha value is -2.53. The normalized spacial score (nSPS) is 18.5. The van der Waals surface area contributed by atoms with Gasteiger partial charge in [0.05, 0.1) is 0 Å². The first-order valence-electron chi connectivity index (χ1n) is 8.27. The van der Waals surface area contributed by atoms with Gasteiger partial charge in [0, 0.05) is 24.8 Å². The fourth-order valence-electron chi connectivity index (χ4n) is 2.85. The van der Waals surface area contributed by atoms with Crippen molar-refractivity contribution in [3.05, 3.63) is 54.6 Å². The smallest absolute Gasteiger partial charge is 0.193 e. The first-order valence-corrected chi connectivity index (χ1v) is 8.27. The van der Waals surface area contributed by atoms with Gasteiger partial charge in [-0.1, -0.05) is 24.3 Å². The van der Waals surface area contributed by atoms with E-state index < -0.39 is 0 Å². The number of aliphatic imine (C=N–C) groups is 1. The second-order valence-corrected chi connectivity index (χ2v) is 6.21. The number of hydrogen-bond donors (Lipinski definition) is 2. The van der Waals surface area contributed by atoms with Gasteiger partial charge in [0.1, 0.15) is 11.5 Å². The van der Waals surface area contributed by atoms with E-state index in [1.54, 1.807) is 0 Å². The van der Waals surface area contributed by atoms with Gasteiger partial charge in [0.15, 0.2) is 5.96 Å². The van der Waals surface area contributed by atoms with Crippen molar-refractivity contribution in [2.24, 2.45) is 16.6 Å². The molecule has 0 bridgehead atoms. The van der Waals surface area contributed by atoms with E-state index in [-0.39, 0.29) is 0 Å². The number of ether oxygens (including phenoxy) is 1. The number of rotatable bonds is 5. The summed E-state index contributed by atoms with van der Waals surface area (Å²) >= 11 is 0. The van der Waals surface area contributed by atoms with Crippen LogP contribution < -0.4 is 15.8 Å². The monoisotopic (exact) mass is 324 g/mol. The van der Waals surface area contributed by atoms with Gasteiger partial charge in [-0.15, -0.1) is 0 Å². The van der Waals surface area contributed by atoms with Gasteiger partial charge in [0.2, 0.25) is 0 Å². The van der Waals surface area contributed by atoms with Crippen LogP contribution in [0, 0.1) is 5.92 Å². The number of anilines is 1. The molecule has 0 amide bonds. The summed E-state index contributed by atoms with van der Waals surface area (Å²) in [7, 11) is 2.14. The van der Waals surface area contributed by atoms with Gasteiger partial charge < -0.3 is 20.7 Å².